The van der Waals surface area contributed by atoms with Crippen LogP contribution in [0.25, 0.3) is 17.4 Å². The van der Waals surface area contributed by atoms with Gasteiger partial charge in [-0.1, -0.05) is 12.1 Å². The Morgan fingerprint density at radius 2 is 1.71 bits per heavy atom. The normalized spacial score (nSPS) is 14.8. The lowest BCUT2D eigenvalue weighted by atomic mass is 10.1. The van der Waals surface area contributed by atoms with Gasteiger partial charge in [-0.15, -0.1) is 0 Å². The second-order valence-electron chi connectivity index (χ2n) is 7.99. The molecule has 1 aliphatic rings. The van der Waals surface area contributed by atoms with Gasteiger partial charge < -0.3 is 14.6 Å². The first-order chi connectivity index (χ1) is 16.7. The first-order valence-electron chi connectivity index (χ1n) is 10.8. The zero-order valence-electron chi connectivity index (χ0n) is 19.0. The van der Waals surface area contributed by atoms with Gasteiger partial charge in [0.2, 0.25) is 15.9 Å². The maximum atomic E-state index is 12.3. The minimum Gasteiger partial charge on any atom is -0.456 e. The standard InChI is InChI=1S/C24H24N4O6S/c1-35(32,33)27-16-14-26(15-17-27)19-8-6-18(7-9-19)25-24(29)13-11-20-10-12-23(34-20)21-4-2-3-5-22(21)28(30)31/h2-13H,14-17H2,1H3,(H,25,29)/b13-11+. The molecule has 0 saturated carbocycles. The number of hydrogen-bond donors (Lipinski definition) is 1. The van der Waals surface area contributed by atoms with E-state index >= 15 is 0 Å². The number of carbonyl (C=O) groups excluding carboxylic acids is 1. The predicted molar refractivity (Wildman–Crippen MR) is 134 cm³/mol. The number of benzene rings is 2. The Bertz CT molecular complexity index is 1360. The zero-order chi connectivity index (χ0) is 25.0. The molecular weight excluding hydrogens is 472 g/mol. The molecule has 0 bridgehead atoms. The number of nitrogens with one attached hydrogen (secondary N) is 1. The van der Waals surface area contributed by atoms with E-state index < -0.39 is 14.9 Å². The summed E-state index contributed by atoms with van der Waals surface area (Å²) in [5, 5.41) is 14.0. The first kappa shape index (κ1) is 24.2. The summed E-state index contributed by atoms with van der Waals surface area (Å²) in [6, 6.07) is 16.8. The van der Waals surface area contributed by atoms with Crippen LogP contribution in [0, 0.1) is 10.1 Å². The molecule has 0 radical (unpaired) electrons. The van der Waals surface area contributed by atoms with Crippen molar-refractivity contribution >= 4 is 39.1 Å². The molecule has 1 fully saturated rings. The third-order valence-electron chi connectivity index (χ3n) is 5.60. The van der Waals surface area contributed by atoms with Crippen molar-refractivity contribution in [3.63, 3.8) is 0 Å². The number of hydrogen-bond acceptors (Lipinski definition) is 7. The van der Waals surface area contributed by atoms with Crippen molar-refractivity contribution in [1.82, 2.24) is 4.31 Å². The number of furan rings is 1. The van der Waals surface area contributed by atoms with Crippen LogP contribution in [0.4, 0.5) is 17.1 Å². The third kappa shape index (κ3) is 5.94. The largest absolute Gasteiger partial charge is 0.456 e. The van der Waals surface area contributed by atoms with Crippen LogP contribution >= 0.6 is 0 Å². The van der Waals surface area contributed by atoms with Gasteiger partial charge in [0.1, 0.15) is 11.5 Å². The topological polar surface area (TPSA) is 126 Å². The van der Waals surface area contributed by atoms with Gasteiger partial charge in [0, 0.05) is 49.7 Å². The molecule has 0 atom stereocenters. The summed E-state index contributed by atoms with van der Waals surface area (Å²) < 4.78 is 30.4. The summed E-state index contributed by atoms with van der Waals surface area (Å²) in [5.74, 6) is 0.366. The van der Waals surface area contributed by atoms with Crippen molar-refractivity contribution < 1.29 is 22.6 Å². The highest BCUT2D eigenvalue weighted by Crippen LogP contribution is 2.31. The van der Waals surface area contributed by atoms with E-state index in [2.05, 4.69) is 10.2 Å². The second-order valence-corrected chi connectivity index (χ2v) is 9.98. The molecule has 1 amide bonds. The first-order valence-corrected chi connectivity index (χ1v) is 12.7. The summed E-state index contributed by atoms with van der Waals surface area (Å²) in [4.78, 5) is 25.2. The van der Waals surface area contributed by atoms with Gasteiger partial charge in [0.05, 0.1) is 16.7 Å². The van der Waals surface area contributed by atoms with Gasteiger partial charge in [-0.25, -0.2) is 8.42 Å². The Balaban J connectivity index is 1.34. The maximum absolute atomic E-state index is 12.3. The van der Waals surface area contributed by atoms with Crippen LogP contribution in [-0.2, 0) is 14.8 Å². The molecule has 4 rings (SSSR count). The Morgan fingerprint density at radius 1 is 1.03 bits per heavy atom. The van der Waals surface area contributed by atoms with Crippen LogP contribution in [0.15, 0.2) is 71.2 Å². The molecule has 3 aromatic rings. The highest BCUT2D eigenvalue weighted by atomic mass is 32.2. The van der Waals surface area contributed by atoms with E-state index in [0.29, 0.717) is 49.0 Å². The molecule has 182 valence electrons. The number of nitro benzene ring substituents is 1. The van der Waals surface area contributed by atoms with Gasteiger partial charge in [0.25, 0.3) is 5.69 Å². The highest BCUT2D eigenvalue weighted by Gasteiger charge is 2.23. The fraction of sp³-hybridized carbons (Fsp3) is 0.208. The van der Waals surface area contributed by atoms with E-state index in [1.165, 1.54) is 28.8 Å². The summed E-state index contributed by atoms with van der Waals surface area (Å²) in [5.41, 5.74) is 1.86. The fourth-order valence-electron chi connectivity index (χ4n) is 3.80. The molecule has 1 saturated heterocycles. The predicted octanol–water partition coefficient (Wildman–Crippen LogP) is 3.59. The number of sulfonamides is 1. The number of anilines is 2. The molecule has 2 heterocycles. The van der Waals surface area contributed by atoms with E-state index in [9.17, 15) is 23.3 Å². The lowest BCUT2D eigenvalue weighted by Crippen LogP contribution is -2.48. The minimum absolute atomic E-state index is 0.0594. The van der Waals surface area contributed by atoms with E-state index in [4.69, 9.17) is 4.42 Å². The van der Waals surface area contributed by atoms with Crippen molar-refractivity contribution in [3.05, 3.63) is 82.6 Å². The van der Waals surface area contributed by atoms with Crippen molar-refractivity contribution in [2.45, 2.75) is 0 Å². The molecular formula is C24H24N4O6S. The van der Waals surface area contributed by atoms with Crippen LogP contribution in [0.5, 0.6) is 0 Å². The quantitative estimate of drug-likeness (QED) is 0.301. The zero-order valence-corrected chi connectivity index (χ0v) is 19.8. The number of rotatable bonds is 7. The van der Waals surface area contributed by atoms with Crippen LogP contribution < -0.4 is 10.2 Å². The Morgan fingerprint density at radius 3 is 2.37 bits per heavy atom. The molecule has 0 aliphatic carbocycles. The molecule has 35 heavy (non-hydrogen) atoms. The highest BCUT2D eigenvalue weighted by molar-refractivity contribution is 7.88. The lowest BCUT2D eigenvalue weighted by molar-refractivity contribution is -0.384. The summed E-state index contributed by atoms with van der Waals surface area (Å²) >= 11 is 0. The van der Waals surface area contributed by atoms with Gasteiger partial charge in [0.15, 0.2) is 0 Å². The SMILES string of the molecule is CS(=O)(=O)N1CCN(c2ccc(NC(=O)/C=C/c3ccc(-c4ccccc4[N+](=O)[O-])o3)cc2)CC1. The average molecular weight is 497 g/mol. The van der Waals surface area contributed by atoms with Crippen molar-refractivity contribution in [1.29, 1.82) is 0 Å². The number of piperazine rings is 1. The Hall–Kier alpha value is -3.96. The van der Waals surface area contributed by atoms with Crippen molar-refractivity contribution in [2.24, 2.45) is 0 Å². The average Bonchev–Trinajstić information content (AvgIpc) is 3.32. The van der Waals surface area contributed by atoms with Gasteiger partial charge in [-0.05, 0) is 48.5 Å². The number of nitro groups is 1. The number of para-hydroxylation sites is 1. The van der Waals surface area contributed by atoms with Crippen LogP contribution in [-0.4, -0.2) is 56.0 Å². The van der Waals surface area contributed by atoms with Crippen molar-refractivity contribution in [3.8, 4) is 11.3 Å². The van der Waals surface area contributed by atoms with E-state index in [1.54, 1.807) is 42.5 Å². The lowest BCUT2D eigenvalue weighted by Gasteiger charge is -2.34. The third-order valence-corrected chi connectivity index (χ3v) is 6.90. The molecule has 11 heteroatoms. The van der Waals surface area contributed by atoms with Crippen molar-refractivity contribution in [2.75, 3.05) is 42.7 Å². The number of amides is 1. The molecule has 1 aromatic heterocycles. The summed E-state index contributed by atoms with van der Waals surface area (Å²) in [6.45, 7) is 2.07. The molecule has 2 aromatic carbocycles. The monoisotopic (exact) mass is 496 g/mol. The molecule has 1 aliphatic heterocycles. The molecule has 0 unspecified atom stereocenters. The van der Waals surface area contributed by atoms with Crippen LogP contribution in [0.1, 0.15) is 5.76 Å². The van der Waals surface area contributed by atoms with Gasteiger partial charge in [-0.3, -0.25) is 14.9 Å². The van der Waals surface area contributed by atoms with E-state index in [1.807, 2.05) is 12.1 Å². The molecule has 1 N–H and O–H groups in total. The second kappa shape index (κ2) is 10.1. The fourth-order valence-corrected chi connectivity index (χ4v) is 4.63. The van der Waals surface area contributed by atoms with Gasteiger partial charge >= 0.3 is 0 Å². The minimum atomic E-state index is -3.18. The number of nitrogens with zero attached hydrogens (tertiary/aromatic N) is 3. The molecule has 0 spiro atoms. The Labute approximate surface area is 202 Å². The van der Waals surface area contributed by atoms with Gasteiger partial charge in [-0.2, -0.15) is 4.31 Å². The summed E-state index contributed by atoms with van der Waals surface area (Å²) in [6.07, 6.45) is 4.03. The maximum Gasteiger partial charge on any atom is 0.280 e. The van der Waals surface area contributed by atoms with E-state index in [0.717, 1.165) is 5.69 Å². The van der Waals surface area contributed by atoms with Crippen LogP contribution in [0.2, 0.25) is 0 Å². The van der Waals surface area contributed by atoms with E-state index in [-0.39, 0.29) is 11.6 Å². The number of carbonyl (C=O) groups is 1. The van der Waals surface area contributed by atoms with Crippen LogP contribution in [0.3, 0.4) is 0 Å². The summed E-state index contributed by atoms with van der Waals surface area (Å²) in [7, 11) is -3.18. The molecule has 10 nitrogen and oxygen atoms in total. The Kier molecular flexibility index (Phi) is 6.99. The smallest absolute Gasteiger partial charge is 0.280 e.